The molecule has 0 aromatic rings. The van der Waals surface area contributed by atoms with Gasteiger partial charge in [-0.1, -0.05) is 0 Å². The molecule has 0 fully saturated rings. The average Bonchev–Trinajstić information content (AvgIpc) is 2.22. The fourth-order valence-electron chi connectivity index (χ4n) is 0.934. The molecule has 0 bridgehead atoms. The standard InChI is InChI=1S/C9H16N3O4/c1-5(14)8(11)9(16)12-6(4-13)2-3-7(10)15/h5-6,8,14H,2-3,11H2,1H3,(H2,10,15)(H,12,16)/t5-,6+,8+/m0/s1. The van der Waals surface area contributed by atoms with Crippen LogP contribution in [0, 0.1) is 0 Å². The van der Waals surface area contributed by atoms with Gasteiger partial charge in [-0.15, -0.1) is 0 Å². The van der Waals surface area contributed by atoms with Crippen LogP contribution in [0.25, 0.3) is 0 Å². The number of aliphatic hydroxyl groups excluding tert-OH is 1. The van der Waals surface area contributed by atoms with Gasteiger partial charge in [0, 0.05) is 6.42 Å². The van der Waals surface area contributed by atoms with Crippen LogP contribution in [-0.4, -0.2) is 41.4 Å². The number of nitrogens with one attached hydrogen (secondary N) is 1. The highest BCUT2D eigenvalue weighted by Gasteiger charge is 2.22. The topological polar surface area (TPSA) is 136 Å². The first-order valence-corrected chi connectivity index (χ1v) is 4.78. The van der Waals surface area contributed by atoms with E-state index in [0.29, 0.717) is 0 Å². The molecule has 7 nitrogen and oxygen atoms in total. The summed E-state index contributed by atoms with van der Waals surface area (Å²) < 4.78 is 0. The maximum absolute atomic E-state index is 11.3. The zero-order chi connectivity index (χ0) is 12.7. The lowest BCUT2D eigenvalue weighted by atomic mass is 10.1. The molecule has 0 saturated heterocycles. The minimum atomic E-state index is -1.12. The Morgan fingerprint density at radius 1 is 1.50 bits per heavy atom. The molecule has 7 heteroatoms. The van der Waals surface area contributed by atoms with Crippen LogP contribution in [0.2, 0.25) is 0 Å². The molecule has 0 unspecified atom stereocenters. The lowest BCUT2D eigenvalue weighted by molar-refractivity contribution is -0.125. The quantitative estimate of drug-likeness (QED) is 0.385. The molecular formula is C9H16N3O4. The normalized spacial score (nSPS) is 15.9. The van der Waals surface area contributed by atoms with E-state index in [-0.39, 0.29) is 12.8 Å². The van der Waals surface area contributed by atoms with E-state index in [2.05, 4.69) is 5.32 Å². The number of amides is 2. The van der Waals surface area contributed by atoms with Crippen molar-refractivity contribution >= 4 is 18.1 Å². The molecule has 0 saturated carbocycles. The van der Waals surface area contributed by atoms with Crippen molar-refractivity contribution in [2.24, 2.45) is 11.5 Å². The van der Waals surface area contributed by atoms with Gasteiger partial charge in [-0.3, -0.25) is 14.4 Å². The van der Waals surface area contributed by atoms with Crippen molar-refractivity contribution in [2.45, 2.75) is 38.0 Å². The highest BCUT2D eigenvalue weighted by molar-refractivity contribution is 5.85. The second-order valence-electron chi connectivity index (χ2n) is 3.45. The largest absolute Gasteiger partial charge is 0.391 e. The maximum Gasteiger partial charge on any atom is 0.240 e. The van der Waals surface area contributed by atoms with Gasteiger partial charge < -0.3 is 21.9 Å². The van der Waals surface area contributed by atoms with E-state index < -0.39 is 30.0 Å². The molecule has 0 aromatic carbocycles. The van der Waals surface area contributed by atoms with E-state index in [1.165, 1.54) is 6.92 Å². The van der Waals surface area contributed by atoms with Gasteiger partial charge in [0.1, 0.15) is 6.04 Å². The first-order chi connectivity index (χ1) is 7.38. The van der Waals surface area contributed by atoms with Gasteiger partial charge >= 0.3 is 0 Å². The third kappa shape index (κ3) is 5.42. The number of aliphatic hydroxyl groups is 1. The van der Waals surface area contributed by atoms with Gasteiger partial charge in [0.05, 0.1) is 12.1 Å². The van der Waals surface area contributed by atoms with Crippen molar-refractivity contribution in [3.05, 3.63) is 0 Å². The summed E-state index contributed by atoms with van der Waals surface area (Å²) >= 11 is 0. The van der Waals surface area contributed by atoms with Crippen molar-refractivity contribution < 1.29 is 19.5 Å². The molecule has 0 aliphatic rings. The van der Waals surface area contributed by atoms with Crippen LogP contribution in [0.5, 0.6) is 0 Å². The predicted molar refractivity (Wildman–Crippen MR) is 55.7 cm³/mol. The van der Waals surface area contributed by atoms with Crippen molar-refractivity contribution in [3.8, 4) is 0 Å². The Kier molecular flexibility index (Phi) is 6.28. The molecule has 0 aliphatic heterocycles. The van der Waals surface area contributed by atoms with E-state index in [1.807, 2.05) is 0 Å². The SMILES string of the molecule is C[C@H](O)[C@@H](N)C(=O)N[C@@H]([C]=O)CCC(N)=O. The molecular weight excluding hydrogens is 214 g/mol. The van der Waals surface area contributed by atoms with Gasteiger partial charge in [-0.2, -0.15) is 0 Å². The number of hydrogen-bond acceptors (Lipinski definition) is 5. The molecule has 0 aromatic heterocycles. The molecule has 16 heavy (non-hydrogen) atoms. The van der Waals surface area contributed by atoms with Crippen LogP contribution in [0.4, 0.5) is 0 Å². The second kappa shape index (κ2) is 6.91. The van der Waals surface area contributed by atoms with E-state index in [9.17, 15) is 14.4 Å². The predicted octanol–water partition coefficient (Wildman–Crippen LogP) is -2.45. The summed E-state index contributed by atoms with van der Waals surface area (Å²) in [6.07, 6.45) is 0.560. The van der Waals surface area contributed by atoms with Gasteiger partial charge in [0.25, 0.3) is 0 Å². The fourth-order valence-corrected chi connectivity index (χ4v) is 0.934. The Morgan fingerprint density at radius 2 is 2.06 bits per heavy atom. The van der Waals surface area contributed by atoms with Gasteiger partial charge in [-0.25, -0.2) is 0 Å². The molecule has 1 radical (unpaired) electrons. The van der Waals surface area contributed by atoms with Crippen LogP contribution in [-0.2, 0) is 14.4 Å². The van der Waals surface area contributed by atoms with Crippen LogP contribution in [0.15, 0.2) is 0 Å². The number of carbonyl (C=O) groups is 2. The summed E-state index contributed by atoms with van der Waals surface area (Å²) in [6, 6.07) is -2.06. The second-order valence-corrected chi connectivity index (χ2v) is 3.45. The number of primary amides is 1. The van der Waals surface area contributed by atoms with Crippen molar-refractivity contribution in [1.82, 2.24) is 5.32 Å². The summed E-state index contributed by atoms with van der Waals surface area (Å²) in [5.74, 6) is -1.25. The lowest BCUT2D eigenvalue weighted by Gasteiger charge is -2.17. The number of carbonyl (C=O) groups excluding carboxylic acids is 3. The zero-order valence-electron chi connectivity index (χ0n) is 8.97. The molecule has 0 spiro atoms. The Labute approximate surface area is 93.2 Å². The molecule has 3 atom stereocenters. The van der Waals surface area contributed by atoms with Crippen LogP contribution in [0.1, 0.15) is 19.8 Å². The smallest absolute Gasteiger partial charge is 0.240 e. The van der Waals surface area contributed by atoms with Gasteiger partial charge in [0.2, 0.25) is 18.1 Å². The maximum atomic E-state index is 11.3. The first-order valence-electron chi connectivity index (χ1n) is 4.78. The Bertz CT molecular complexity index is 267. The molecule has 0 rings (SSSR count). The van der Waals surface area contributed by atoms with E-state index in [0.717, 1.165) is 0 Å². The van der Waals surface area contributed by atoms with E-state index in [4.69, 9.17) is 16.6 Å². The summed E-state index contributed by atoms with van der Waals surface area (Å²) in [5, 5.41) is 11.3. The Balaban J connectivity index is 4.16. The van der Waals surface area contributed by atoms with Crippen molar-refractivity contribution in [3.63, 3.8) is 0 Å². The summed E-state index contributed by atoms with van der Waals surface area (Å²) in [4.78, 5) is 32.2. The number of nitrogens with two attached hydrogens (primary N) is 2. The summed E-state index contributed by atoms with van der Waals surface area (Å²) in [7, 11) is 0. The molecule has 0 heterocycles. The number of hydrogen-bond donors (Lipinski definition) is 4. The van der Waals surface area contributed by atoms with Crippen LogP contribution >= 0.6 is 0 Å². The van der Waals surface area contributed by atoms with Crippen molar-refractivity contribution in [2.75, 3.05) is 0 Å². The Hall–Kier alpha value is -1.47. The molecule has 0 aliphatic carbocycles. The summed E-state index contributed by atoms with van der Waals surface area (Å²) in [5.41, 5.74) is 10.2. The third-order valence-corrected chi connectivity index (χ3v) is 1.96. The zero-order valence-corrected chi connectivity index (χ0v) is 8.97. The fraction of sp³-hybridized carbons (Fsp3) is 0.667. The number of rotatable bonds is 7. The van der Waals surface area contributed by atoms with Crippen LogP contribution < -0.4 is 16.8 Å². The van der Waals surface area contributed by atoms with E-state index in [1.54, 1.807) is 6.29 Å². The monoisotopic (exact) mass is 230 g/mol. The minimum Gasteiger partial charge on any atom is -0.391 e. The third-order valence-electron chi connectivity index (χ3n) is 1.96. The van der Waals surface area contributed by atoms with E-state index >= 15 is 0 Å². The highest BCUT2D eigenvalue weighted by atomic mass is 16.3. The molecule has 91 valence electrons. The Morgan fingerprint density at radius 3 is 2.44 bits per heavy atom. The van der Waals surface area contributed by atoms with Crippen LogP contribution in [0.3, 0.4) is 0 Å². The van der Waals surface area contributed by atoms with Gasteiger partial charge in [0.15, 0.2) is 0 Å². The van der Waals surface area contributed by atoms with Gasteiger partial charge in [-0.05, 0) is 13.3 Å². The summed E-state index contributed by atoms with van der Waals surface area (Å²) in [6.45, 7) is 1.35. The molecule has 6 N–H and O–H groups in total. The first kappa shape index (κ1) is 14.5. The lowest BCUT2D eigenvalue weighted by Crippen LogP contribution is -2.50. The highest BCUT2D eigenvalue weighted by Crippen LogP contribution is 1.96. The average molecular weight is 230 g/mol. The molecule has 2 amide bonds. The van der Waals surface area contributed by atoms with Crippen molar-refractivity contribution in [1.29, 1.82) is 0 Å². The minimum absolute atomic E-state index is 0.0376.